The lowest BCUT2D eigenvalue weighted by atomic mass is 9.72. The number of furan rings is 1. The van der Waals surface area contributed by atoms with E-state index in [1.54, 1.807) is 13.1 Å². The summed E-state index contributed by atoms with van der Waals surface area (Å²) < 4.78 is 12.4. The molecule has 10 unspecified atom stereocenters. The maximum absolute atomic E-state index is 11.5. The lowest BCUT2D eigenvalue weighted by Gasteiger charge is -2.35. The Hall–Kier alpha value is -3.59. The van der Waals surface area contributed by atoms with Gasteiger partial charge in [0.2, 0.25) is 0 Å². The Morgan fingerprint density at radius 2 is 1.83 bits per heavy atom. The fourth-order valence-electron chi connectivity index (χ4n) is 11.2. The Bertz CT molecular complexity index is 1860. The van der Waals surface area contributed by atoms with E-state index in [2.05, 4.69) is 38.9 Å². The molecule has 13 heteroatoms. The quantitative estimate of drug-likeness (QED) is 0.0281. The highest BCUT2D eigenvalue weighted by molar-refractivity contribution is 5.77. The van der Waals surface area contributed by atoms with Crippen molar-refractivity contribution in [1.82, 2.24) is 20.9 Å². The Kier molecular flexibility index (Phi) is 18.7. The summed E-state index contributed by atoms with van der Waals surface area (Å²) in [6.45, 7) is 6.19. The number of phenols is 1. The summed E-state index contributed by atoms with van der Waals surface area (Å²) in [5.74, 6) is 5.94. The van der Waals surface area contributed by atoms with Gasteiger partial charge in [0.25, 0.3) is 0 Å². The molecule has 3 aromatic rings. The molecule has 2 saturated carbocycles. The number of phenolic OH excluding ortho intramolecular Hbond substituents is 1. The van der Waals surface area contributed by atoms with Gasteiger partial charge in [0.15, 0.2) is 17.5 Å². The number of hydrogen-bond acceptors (Lipinski definition) is 10. The van der Waals surface area contributed by atoms with Crippen LogP contribution in [0, 0.1) is 29.6 Å². The number of nitrogens with two attached hydrogens (primary N) is 2. The van der Waals surface area contributed by atoms with E-state index in [4.69, 9.17) is 20.6 Å². The van der Waals surface area contributed by atoms with Gasteiger partial charge in [0.05, 0.1) is 12.7 Å². The van der Waals surface area contributed by atoms with Gasteiger partial charge in [-0.15, -0.1) is 0 Å². The minimum Gasteiger partial charge on any atom is -0.504 e. The number of fused-ring (bicyclic) bond motifs is 2. The molecule has 352 valence electrons. The number of aliphatic hydroxyl groups is 3. The van der Waals surface area contributed by atoms with Crippen LogP contribution in [0.1, 0.15) is 143 Å². The first-order valence-corrected chi connectivity index (χ1v) is 24.3. The summed E-state index contributed by atoms with van der Waals surface area (Å²) in [6.07, 6.45) is 15.6. The van der Waals surface area contributed by atoms with E-state index in [1.807, 2.05) is 32.2 Å². The van der Waals surface area contributed by atoms with Crippen LogP contribution >= 0.6 is 0 Å². The molecular formula is C50H81N7O6. The molecule has 1 aromatic carbocycles. The van der Waals surface area contributed by atoms with Gasteiger partial charge in [-0.05, 0) is 143 Å². The van der Waals surface area contributed by atoms with Crippen LogP contribution in [-0.4, -0.2) is 89.9 Å². The van der Waals surface area contributed by atoms with Crippen molar-refractivity contribution in [3.05, 3.63) is 69.9 Å². The van der Waals surface area contributed by atoms with Gasteiger partial charge in [-0.3, -0.25) is 4.99 Å². The molecule has 0 saturated heterocycles. The van der Waals surface area contributed by atoms with Gasteiger partial charge in [0.1, 0.15) is 24.2 Å². The van der Waals surface area contributed by atoms with Crippen LogP contribution < -0.4 is 32.2 Å². The van der Waals surface area contributed by atoms with Gasteiger partial charge in [-0.25, -0.2) is 0 Å². The van der Waals surface area contributed by atoms with Crippen molar-refractivity contribution in [2.45, 2.75) is 153 Å². The number of ether oxygens (including phenoxy) is 1. The van der Waals surface area contributed by atoms with Crippen LogP contribution in [0.3, 0.4) is 0 Å². The Morgan fingerprint density at radius 1 is 0.984 bits per heavy atom. The normalized spacial score (nSPS) is 24.6. The highest BCUT2D eigenvalue weighted by atomic mass is 16.5. The first-order chi connectivity index (χ1) is 30.5. The van der Waals surface area contributed by atoms with Crippen LogP contribution in [0.2, 0.25) is 0 Å². The van der Waals surface area contributed by atoms with Crippen molar-refractivity contribution in [2.75, 3.05) is 40.3 Å². The number of nitrogens with one attached hydrogen (secondary N) is 4. The van der Waals surface area contributed by atoms with E-state index in [9.17, 15) is 20.4 Å². The van der Waals surface area contributed by atoms with Crippen molar-refractivity contribution in [3.63, 3.8) is 0 Å². The van der Waals surface area contributed by atoms with Gasteiger partial charge in [0, 0.05) is 74.5 Å². The molecule has 6 rings (SSSR count). The van der Waals surface area contributed by atoms with Crippen LogP contribution in [0.25, 0.3) is 0 Å². The number of guanidine groups is 1. The third-order valence-electron chi connectivity index (χ3n) is 14.7. The van der Waals surface area contributed by atoms with Crippen molar-refractivity contribution in [1.29, 1.82) is 0 Å². The van der Waals surface area contributed by atoms with Crippen LogP contribution in [0.4, 0.5) is 0 Å². The second kappa shape index (κ2) is 24.1. The van der Waals surface area contributed by atoms with Crippen LogP contribution in [0.5, 0.6) is 11.5 Å². The molecule has 0 bridgehead atoms. The number of hydrogen-bond donors (Lipinski definition) is 10. The van der Waals surface area contributed by atoms with E-state index in [0.717, 1.165) is 92.8 Å². The summed E-state index contributed by atoms with van der Waals surface area (Å²) in [4.78, 5) is 7.59. The summed E-state index contributed by atoms with van der Waals surface area (Å²) in [5.41, 5.74) is 17.3. The number of H-pyrrole nitrogens is 1. The maximum atomic E-state index is 11.5. The number of nitrogens with zero attached hydrogens (tertiary/aromatic N) is 1. The second-order valence-electron chi connectivity index (χ2n) is 19.5. The first-order valence-electron chi connectivity index (χ1n) is 24.3. The Balaban J connectivity index is 1.00. The molecule has 3 aliphatic rings. The van der Waals surface area contributed by atoms with Crippen LogP contribution in [-0.2, 0) is 32.3 Å². The molecule has 63 heavy (non-hydrogen) atoms. The summed E-state index contributed by atoms with van der Waals surface area (Å²) >= 11 is 0. The average Bonchev–Trinajstić information content (AvgIpc) is 4.01. The van der Waals surface area contributed by atoms with Gasteiger partial charge >= 0.3 is 0 Å². The first kappa shape index (κ1) is 48.9. The van der Waals surface area contributed by atoms with E-state index in [0.29, 0.717) is 66.7 Å². The number of aryl methyl sites for hydroxylation is 4. The lowest BCUT2D eigenvalue weighted by molar-refractivity contribution is 0.103. The van der Waals surface area contributed by atoms with Crippen LogP contribution in [0.15, 0.2) is 39.7 Å². The Labute approximate surface area is 376 Å². The fourth-order valence-corrected chi connectivity index (χ4v) is 11.2. The number of aromatic hydroxyl groups is 1. The van der Waals surface area contributed by atoms with Crippen molar-refractivity contribution in [2.24, 2.45) is 46.0 Å². The number of aliphatic imine (C=N–C) groups is 1. The number of aliphatic hydroxyl groups excluding tert-OH is 3. The molecule has 3 aliphatic carbocycles. The molecule has 2 aromatic heterocycles. The van der Waals surface area contributed by atoms with Crippen molar-refractivity contribution < 1.29 is 29.6 Å². The molecule has 10 atom stereocenters. The molecule has 2 heterocycles. The molecule has 0 aliphatic heterocycles. The number of rotatable bonds is 24. The van der Waals surface area contributed by atoms with Crippen molar-refractivity contribution >= 4 is 5.96 Å². The lowest BCUT2D eigenvalue weighted by Crippen LogP contribution is -2.47. The molecule has 0 amide bonds. The highest BCUT2D eigenvalue weighted by Crippen LogP contribution is 2.49. The maximum Gasteiger partial charge on any atom is 0.188 e. The topological polar surface area (TPSA) is 220 Å². The predicted octanol–water partition coefficient (Wildman–Crippen LogP) is 6.11. The zero-order valence-corrected chi connectivity index (χ0v) is 38.7. The number of aromatic amines is 1. The van der Waals surface area contributed by atoms with Crippen molar-refractivity contribution in [3.8, 4) is 11.5 Å². The van der Waals surface area contributed by atoms with E-state index < -0.39 is 12.2 Å². The molecule has 0 spiro atoms. The third-order valence-corrected chi connectivity index (χ3v) is 14.7. The summed E-state index contributed by atoms with van der Waals surface area (Å²) in [7, 11) is 3.68. The second-order valence-corrected chi connectivity index (χ2v) is 19.5. The third kappa shape index (κ3) is 13.7. The van der Waals surface area contributed by atoms with E-state index in [-0.39, 0.29) is 30.9 Å². The minimum atomic E-state index is -0.906. The highest BCUT2D eigenvalue weighted by Gasteiger charge is 2.42. The molecule has 2 fully saturated rings. The van der Waals surface area contributed by atoms with E-state index >= 15 is 0 Å². The predicted molar refractivity (Wildman–Crippen MR) is 251 cm³/mol. The monoisotopic (exact) mass is 876 g/mol. The largest absolute Gasteiger partial charge is 0.504 e. The number of likely N-dealkylation sites (N-methyl/N-ethyl adjacent to an activating group) is 1. The van der Waals surface area contributed by atoms with E-state index in [1.165, 1.54) is 49.8 Å². The number of benzene rings is 1. The summed E-state index contributed by atoms with van der Waals surface area (Å²) in [6, 6.07) is 9.94. The molecule has 12 N–H and O–H groups in total. The number of unbranched alkanes of at least 4 members (excludes halogenated alkanes) is 1. The fraction of sp³-hybridized carbons (Fsp3) is 0.700. The number of aromatic nitrogens is 1. The smallest absolute Gasteiger partial charge is 0.188 e. The standard InChI is InChI=1S/C50H81N7O6/c1-31(26-56-50(52)54-4)12-15-34-16-18-38(51)23-36(34)8-5-6-11-47-37(29-58)24-39(63-47)19-13-33-14-21-45(60)48(22-33)62-30-46(61)43-25-41-42(57-43)20-17-35-9-7-10-40(35)49(41)44(28-53-3)55-27-32(2)59/h14,21-22,24-25,31-32,34-36,38,40,44,46,49,53,55,57-61H,5-13,15-20,23,26-30,51H2,1-4H3,(H3,52,54,56). The summed E-state index contributed by atoms with van der Waals surface area (Å²) in [5, 5.41) is 52.8. The molecular weight excluding hydrogens is 795 g/mol. The molecule has 0 radical (unpaired) electrons. The SMILES string of the molecule is CN=C(N)NCC(C)CCC1CCC(N)CC1CCCCc1oc(CCc2ccc(O)c(OCC(O)c3cc4c([nH]3)CCC3CCCC3C4C(CNC)NCC(C)O)c2)cc1CO. The Morgan fingerprint density at radius 3 is 2.60 bits per heavy atom. The molecule has 13 nitrogen and oxygen atoms in total. The average molecular weight is 876 g/mol. The minimum absolute atomic E-state index is 0.00889. The zero-order chi connectivity index (χ0) is 44.9. The van der Waals surface area contributed by atoms with Gasteiger partial charge < -0.3 is 62.0 Å². The van der Waals surface area contributed by atoms with Gasteiger partial charge in [-0.2, -0.15) is 0 Å². The zero-order valence-electron chi connectivity index (χ0n) is 38.7. The van der Waals surface area contributed by atoms with Gasteiger partial charge in [-0.1, -0.05) is 38.7 Å².